The molecular weight excluding hydrogens is 524 g/mol. The maximum absolute atomic E-state index is 13.1. The maximum Gasteiger partial charge on any atom is 0.338 e. The van der Waals surface area contributed by atoms with Crippen LogP contribution in [0.25, 0.3) is 0 Å². The molecule has 3 aromatic rings. The van der Waals surface area contributed by atoms with E-state index in [2.05, 4.69) is 0 Å². The van der Waals surface area contributed by atoms with Gasteiger partial charge in [-0.1, -0.05) is 91.0 Å². The van der Waals surface area contributed by atoms with Crippen molar-refractivity contribution in [3.63, 3.8) is 0 Å². The maximum atomic E-state index is 13.1. The van der Waals surface area contributed by atoms with Gasteiger partial charge in [0.05, 0.1) is 13.2 Å². The average Bonchev–Trinajstić information content (AvgIpc) is 2.94. The minimum atomic E-state index is -5.09. The second kappa shape index (κ2) is 14.3. The van der Waals surface area contributed by atoms with Gasteiger partial charge >= 0.3 is 5.97 Å². The Morgan fingerprint density at radius 1 is 0.795 bits per heavy atom. The van der Waals surface area contributed by atoms with E-state index in [1.165, 1.54) is 0 Å². The second-order valence-corrected chi connectivity index (χ2v) is 10.1. The van der Waals surface area contributed by atoms with Gasteiger partial charge in [0.2, 0.25) is 10.4 Å². The lowest BCUT2D eigenvalue weighted by molar-refractivity contribution is -0.226. The summed E-state index contributed by atoms with van der Waals surface area (Å²) in [6.45, 7) is -0.0755. The van der Waals surface area contributed by atoms with Crippen molar-refractivity contribution >= 4 is 16.4 Å². The van der Waals surface area contributed by atoms with Crippen LogP contribution in [0.4, 0.5) is 0 Å². The van der Waals surface area contributed by atoms with Crippen LogP contribution in [0.3, 0.4) is 0 Å². The molecule has 208 valence electrons. The van der Waals surface area contributed by atoms with Crippen molar-refractivity contribution in [3.8, 4) is 0 Å². The highest BCUT2D eigenvalue weighted by molar-refractivity contribution is 7.80. The lowest BCUT2D eigenvalue weighted by atomic mass is 9.99. The molecule has 0 N–H and O–H groups in total. The summed E-state index contributed by atoms with van der Waals surface area (Å²) >= 11 is 0. The van der Waals surface area contributed by atoms with Crippen molar-refractivity contribution in [1.82, 2.24) is 0 Å². The molecule has 10 heteroatoms. The number of rotatable bonds is 13. The third-order valence-electron chi connectivity index (χ3n) is 6.17. The van der Waals surface area contributed by atoms with Gasteiger partial charge in [-0.25, -0.2) is 13.2 Å². The van der Waals surface area contributed by atoms with Crippen LogP contribution in [0.15, 0.2) is 91.0 Å². The quantitative estimate of drug-likeness (QED) is 0.135. The average molecular weight is 556 g/mol. The summed E-state index contributed by atoms with van der Waals surface area (Å²) in [5.74, 6) is -0.691. The summed E-state index contributed by atoms with van der Waals surface area (Å²) in [7, 11) is -5.09. The van der Waals surface area contributed by atoms with E-state index in [1.54, 1.807) is 0 Å². The number of esters is 1. The van der Waals surface area contributed by atoms with Gasteiger partial charge in [-0.2, -0.15) is 0 Å². The summed E-state index contributed by atoms with van der Waals surface area (Å²) in [6.07, 6.45) is -3.39. The van der Waals surface area contributed by atoms with E-state index in [4.69, 9.17) is 23.1 Å². The zero-order valence-corrected chi connectivity index (χ0v) is 22.1. The standard InChI is InChI=1S/C29H32O9S/c30-29(37-20-24-15-8-3-9-16-24)28-27(34-18-10-17-22-11-4-1-5-12-22)26(25(21-36-28)38-39(31,32)33)35-19-23-13-6-2-7-14-23/h1-9,11-16,25-28H,10,17-21H2,(H,31,32,33)/p-1/t25?,26-,27-,28?/m1/s1. The van der Waals surface area contributed by atoms with Crippen molar-refractivity contribution in [2.75, 3.05) is 13.2 Å². The largest absolute Gasteiger partial charge is 0.726 e. The lowest BCUT2D eigenvalue weighted by Gasteiger charge is -2.41. The molecule has 4 rings (SSSR count). The van der Waals surface area contributed by atoms with E-state index in [0.29, 0.717) is 6.42 Å². The number of hydrogen-bond donors (Lipinski definition) is 0. The van der Waals surface area contributed by atoms with Crippen LogP contribution in [-0.4, -0.2) is 56.6 Å². The normalized spacial score (nSPS) is 21.4. The number of ether oxygens (including phenoxy) is 4. The summed E-state index contributed by atoms with van der Waals surface area (Å²) in [5.41, 5.74) is 2.71. The van der Waals surface area contributed by atoms with E-state index >= 15 is 0 Å². The number of hydrogen-bond acceptors (Lipinski definition) is 9. The summed E-state index contributed by atoms with van der Waals surface area (Å²) in [6, 6.07) is 28.2. The van der Waals surface area contributed by atoms with Crippen LogP contribution in [-0.2, 0) is 58.0 Å². The second-order valence-electron chi connectivity index (χ2n) is 9.08. The number of carbonyl (C=O) groups is 1. The number of carbonyl (C=O) groups excluding carboxylic acids is 1. The van der Waals surface area contributed by atoms with E-state index in [1.807, 2.05) is 91.0 Å². The highest BCUT2D eigenvalue weighted by atomic mass is 32.3. The monoisotopic (exact) mass is 555 g/mol. The molecule has 1 fully saturated rings. The van der Waals surface area contributed by atoms with E-state index in [9.17, 15) is 17.8 Å². The van der Waals surface area contributed by atoms with Crippen LogP contribution in [0, 0.1) is 0 Å². The predicted molar refractivity (Wildman–Crippen MR) is 140 cm³/mol. The van der Waals surface area contributed by atoms with Gasteiger partial charge in [0, 0.05) is 6.61 Å². The first-order chi connectivity index (χ1) is 18.9. The summed E-state index contributed by atoms with van der Waals surface area (Å²) in [5, 5.41) is 0. The zero-order chi connectivity index (χ0) is 27.5. The summed E-state index contributed by atoms with van der Waals surface area (Å²) in [4.78, 5) is 13.1. The molecule has 0 aromatic heterocycles. The van der Waals surface area contributed by atoms with Gasteiger partial charge < -0.3 is 23.5 Å². The van der Waals surface area contributed by atoms with Gasteiger partial charge in [-0.05, 0) is 29.5 Å². The Morgan fingerprint density at radius 3 is 1.95 bits per heavy atom. The van der Waals surface area contributed by atoms with Crippen LogP contribution >= 0.6 is 0 Å². The lowest BCUT2D eigenvalue weighted by Crippen LogP contribution is -2.59. The molecule has 0 amide bonds. The highest BCUT2D eigenvalue weighted by Gasteiger charge is 2.47. The fourth-order valence-electron chi connectivity index (χ4n) is 4.31. The fourth-order valence-corrected chi connectivity index (χ4v) is 4.78. The molecule has 2 unspecified atom stereocenters. The molecule has 4 atom stereocenters. The molecule has 1 heterocycles. The van der Waals surface area contributed by atoms with Gasteiger partial charge in [-0.3, -0.25) is 4.18 Å². The molecule has 0 bridgehead atoms. The van der Waals surface area contributed by atoms with Gasteiger partial charge in [0.25, 0.3) is 0 Å². The van der Waals surface area contributed by atoms with Crippen molar-refractivity contribution in [3.05, 3.63) is 108 Å². The van der Waals surface area contributed by atoms with E-state index in [-0.39, 0.29) is 26.4 Å². The molecular formula is C29H31O9S-. The van der Waals surface area contributed by atoms with Gasteiger partial charge in [0.15, 0.2) is 6.10 Å². The minimum absolute atomic E-state index is 0.0185. The molecule has 39 heavy (non-hydrogen) atoms. The topological polar surface area (TPSA) is 120 Å². The molecule has 9 nitrogen and oxygen atoms in total. The Hall–Kier alpha value is -3.12. The summed E-state index contributed by atoms with van der Waals surface area (Å²) < 4.78 is 62.6. The van der Waals surface area contributed by atoms with Crippen LogP contribution in [0.2, 0.25) is 0 Å². The fraction of sp³-hybridized carbons (Fsp3) is 0.345. The molecule has 3 aromatic carbocycles. The van der Waals surface area contributed by atoms with Crippen LogP contribution in [0.5, 0.6) is 0 Å². The van der Waals surface area contributed by atoms with E-state index < -0.39 is 40.8 Å². The van der Waals surface area contributed by atoms with Crippen molar-refractivity contribution in [1.29, 1.82) is 0 Å². The first kappa shape index (κ1) is 28.9. The molecule has 1 saturated heterocycles. The van der Waals surface area contributed by atoms with Gasteiger partial charge in [-0.15, -0.1) is 0 Å². The smallest absolute Gasteiger partial charge is 0.338 e. The van der Waals surface area contributed by atoms with Gasteiger partial charge in [0.1, 0.15) is 24.9 Å². The Balaban J connectivity index is 1.51. The molecule has 0 saturated carbocycles. The van der Waals surface area contributed by atoms with Crippen LogP contribution < -0.4 is 0 Å². The van der Waals surface area contributed by atoms with Crippen molar-refractivity contribution in [2.45, 2.75) is 50.5 Å². The molecule has 0 spiro atoms. The third kappa shape index (κ3) is 9.24. The Labute approximate surface area is 228 Å². The van der Waals surface area contributed by atoms with Crippen molar-refractivity contribution < 1.29 is 40.9 Å². The Kier molecular flexibility index (Phi) is 10.6. The molecule has 0 radical (unpaired) electrons. The minimum Gasteiger partial charge on any atom is -0.726 e. The molecule has 1 aliphatic rings. The van der Waals surface area contributed by atoms with Crippen LogP contribution in [0.1, 0.15) is 23.1 Å². The Morgan fingerprint density at radius 2 is 1.36 bits per heavy atom. The Bertz CT molecular complexity index is 1250. The number of aryl methyl sites for hydroxylation is 1. The number of benzene rings is 3. The predicted octanol–water partition coefficient (Wildman–Crippen LogP) is 3.58. The highest BCUT2D eigenvalue weighted by Crippen LogP contribution is 2.27. The van der Waals surface area contributed by atoms with E-state index in [0.717, 1.165) is 23.1 Å². The first-order valence-electron chi connectivity index (χ1n) is 12.7. The molecule has 0 aliphatic carbocycles. The first-order valence-corrected chi connectivity index (χ1v) is 14.0. The zero-order valence-electron chi connectivity index (χ0n) is 21.3. The molecule has 1 aliphatic heterocycles. The third-order valence-corrected chi connectivity index (χ3v) is 6.66. The SMILES string of the molecule is O=C(OCc1ccccc1)C1OCC(OS(=O)(=O)[O-])[C@@H](OCc2ccccc2)[C@H]1OCCCc1ccccc1. The van der Waals surface area contributed by atoms with Crippen molar-refractivity contribution in [2.24, 2.45) is 0 Å².